The van der Waals surface area contributed by atoms with Crippen LogP contribution in [0.15, 0.2) is 74.6 Å². The molecule has 0 spiro atoms. The molecule has 0 aliphatic carbocycles. The van der Waals surface area contributed by atoms with Crippen molar-refractivity contribution in [1.29, 1.82) is 0 Å². The van der Waals surface area contributed by atoms with Crippen molar-refractivity contribution in [2.24, 2.45) is 4.99 Å². The van der Waals surface area contributed by atoms with Crippen molar-refractivity contribution < 1.29 is 38.0 Å². The van der Waals surface area contributed by atoms with Crippen LogP contribution in [-0.2, 0) is 16.1 Å². The molecule has 0 unspecified atom stereocenters. The van der Waals surface area contributed by atoms with Gasteiger partial charge in [0.25, 0.3) is 5.56 Å². The molecule has 0 fully saturated rings. The van der Waals surface area contributed by atoms with Gasteiger partial charge in [-0.05, 0) is 88.9 Å². The third-order valence-corrected chi connectivity index (χ3v) is 8.96. The van der Waals surface area contributed by atoms with Gasteiger partial charge in [0, 0.05) is 6.20 Å². The summed E-state index contributed by atoms with van der Waals surface area (Å²) in [6.45, 7) is 5.08. The minimum absolute atomic E-state index is 0.196. The van der Waals surface area contributed by atoms with Gasteiger partial charge in [0.2, 0.25) is 6.79 Å². The molecule has 0 amide bonds. The third kappa shape index (κ3) is 6.45. The summed E-state index contributed by atoms with van der Waals surface area (Å²) in [6, 6.07) is 13.8. The highest BCUT2D eigenvalue weighted by molar-refractivity contribution is 9.10. The van der Waals surface area contributed by atoms with Gasteiger partial charge in [0.05, 0.1) is 48.1 Å². The minimum Gasteiger partial charge on any atom is -0.493 e. The fourth-order valence-electron chi connectivity index (χ4n) is 5.29. The Morgan fingerprint density at radius 3 is 2.55 bits per heavy atom. The van der Waals surface area contributed by atoms with Crippen molar-refractivity contribution >= 4 is 39.3 Å². The number of halogens is 1. The van der Waals surface area contributed by atoms with Crippen molar-refractivity contribution in [2.75, 3.05) is 34.2 Å². The van der Waals surface area contributed by atoms with Gasteiger partial charge in [-0.15, -0.1) is 0 Å². The number of ether oxygens (including phenoxy) is 7. The highest BCUT2D eigenvalue weighted by Gasteiger charge is 2.31. The standard InChI is InChI=1S/C34H31BrN2O9S/c1-5-42-24-10-8-21(15-27(24)43-6-2)30-22(33(39)41-4)16-36-34-37(30)32(38)29(47-34)14-20-11-23(35)31(28(13-20)40-3)44-17-19-7-9-25-26(12-19)46-18-45-25/h7-16,30H,5-6,17-18H2,1-4H3/b29-14-/t30-/m0/s1. The van der Waals surface area contributed by atoms with Crippen molar-refractivity contribution in [3.63, 3.8) is 0 Å². The van der Waals surface area contributed by atoms with Gasteiger partial charge < -0.3 is 33.2 Å². The van der Waals surface area contributed by atoms with Crippen LogP contribution in [0.1, 0.15) is 36.6 Å². The molecular formula is C34H31BrN2O9S. The maximum Gasteiger partial charge on any atom is 0.337 e. The molecule has 1 atom stereocenters. The number of esters is 1. The third-order valence-electron chi connectivity index (χ3n) is 7.38. The molecular weight excluding hydrogens is 692 g/mol. The van der Waals surface area contributed by atoms with Crippen LogP contribution in [0.2, 0.25) is 0 Å². The topological polar surface area (TPSA) is 116 Å². The Morgan fingerprint density at radius 1 is 1.00 bits per heavy atom. The molecule has 2 aliphatic rings. The zero-order valence-corrected chi connectivity index (χ0v) is 28.4. The average Bonchev–Trinajstić information content (AvgIpc) is 3.67. The van der Waals surface area contributed by atoms with E-state index in [1.54, 1.807) is 31.4 Å². The molecule has 0 radical (unpaired) electrons. The Hall–Kier alpha value is -4.75. The second-order valence-electron chi connectivity index (χ2n) is 10.3. The Morgan fingerprint density at radius 2 is 1.79 bits per heavy atom. The van der Waals surface area contributed by atoms with E-state index in [0.29, 0.717) is 72.6 Å². The highest BCUT2D eigenvalue weighted by Crippen LogP contribution is 2.39. The molecule has 0 saturated carbocycles. The Labute approximate surface area is 282 Å². The molecule has 2 aliphatic heterocycles. The van der Waals surface area contributed by atoms with E-state index in [-0.39, 0.29) is 24.5 Å². The molecule has 3 heterocycles. The van der Waals surface area contributed by atoms with Crippen LogP contribution < -0.4 is 43.3 Å². The van der Waals surface area contributed by atoms with Crippen molar-refractivity contribution in [3.05, 3.63) is 101 Å². The Kier molecular flexibility index (Phi) is 9.55. The molecule has 11 nitrogen and oxygen atoms in total. The lowest BCUT2D eigenvalue weighted by molar-refractivity contribution is -0.136. The SMILES string of the molecule is CCOc1ccc([C@H]2C(C(=O)OC)=CN=c3s/c(=C\c4cc(Br)c(OCc5ccc6c(c5)OCO6)c(OC)c4)c(=O)n32)cc1OCC. The molecule has 0 saturated heterocycles. The summed E-state index contributed by atoms with van der Waals surface area (Å²) >= 11 is 4.82. The van der Waals surface area contributed by atoms with Crippen molar-refractivity contribution in [3.8, 4) is 34.5 Å². The van der Waals surface area contributed by atoms with Crippen LogP contribution in [0.25, 0.3) is 6.08 Å². The molecule has 1 aromatic heterocycles. The zero-order chi connectivity index (χ0) is 33.1. The molecule has 244 valence electrons. The monoisotopic (exact) mass is 722 g/mol. The predicted molar refractivity (Wildman–Crippen MR) is 178 cm³/mol. The van der Waals surface area contributed by atoms with Gasteiger partial charge in [0.15, 0.2) is 39.3 Å². The van der Waals surface area contributed by atoms with E-state index in [0.717, 1.165) is 5.56 Å². The van der Waals surface area contributed by atoms with Crippen LogP contribution in [0.5, 0.6) is 34.5 Å². The summed E-state index contributed by atoms with van der Waals surface area (Å²) in [5.74, 6) is 2.83. The summed E-state index contributed by atoms with van der Waals surface area (Å²) < 4.78 is 41.8. The first-order valence-electron chi connectivity index (χ1n) is 14.7. The van der Waals surface area contributed by atoms with E-state index >= 15 is 0 Å². The van der Waals surface area contributed by atoms with E-state index < -0.39 is 12.0 Å². The number of benzene rings is 3. The first kappa shape index (κ1) is 32.2. The molecule has 0 N–H and O–H groups in total. The number of methoxy groups -OCH3 is 2. The average molecular weight is 724 g/mol. The Balaban J connectivity index is 1.36. The highest BCUT2D eigenvalue weighted by atomic mass is 79.9. The molecule has 0 bridgehead atoms. The fourth-order valence-corrected chi connectivity index (χ4v) is 6.83. The van der Waals surface area contributed by atoms with E-state index in [1.165, 1.54) is 29.2 Å². The lowest BCUT2D eigenvalue weighted by atomic mass is 9.97. The van der Waals surface area contributed by atoms with E-state index in [9.17, 15) is 9.59 Å². The van der Waals surface area contributed by atoms with Gasteiger partial charge in [-0.3, -0.25) is 9.36 Å². The number of carbonyl (C=O) groups is 1. The molecule has 4 aromatic rings. The smallest absolute Gasteiger partial charge is 0.337 e. The minimum atomic E-state index is -0.802. The molecule has 6 rings (SSSR count). The van der Waals surface area contributed by atoms with Gasteiger partial charge in [-0.25, -0.2) is 9.79 Å². The number of rotatable bonds is 11. The summed E-state index contributed by atoms with van der Waals surface area (Å²) in [7, 11) is 2.84. The van der Waals surface area contributed by atoms with Gasteiger partial charge >= 0.3 is 5.97 Å². The fraction of sp³-hybridized carbons (Fsp3) is 0.265. The number of hydrogen-bond acceptors (Lipinski definition) is 11. The van der Waals surface area contributed by atoms with Crippen molar-refractivity contribution in [2.45, 2.75) is 26.5 Å². The second-order valence-corrected chi connectivity index (χ2v) is 12.1. The number of thiazole rings is 1. The largest absolute Gasteiger partial charge is 0.493 e. The number of carbonyl (C=O) groups excluding carboxylic acids is 1. The van der Waals surface area contributed by atoms with Crippen LogP contribution >= 0.6 is 27.3 Å². The lowest BCUT2D eigenvalue weighted by Gasteiger charge is -2.23. The quantitative estimate of drug-likeness (QED) is 0.200. The molecule has 3 aromatic carbocycles. The maximum atomic E-state index is 14.0. The normalized spacial score (nSPS) is 15.0. The summed E-state index contributed by atoms with van der Waals surface area (Å²) in [6.07, 6.45) is 3.20. The summed E-state index contributed by atoms with van der Waals surface area (Å²) in [5.41, 5.74) is 2.13. The van der Waals surface area contributed by atoms with Gasteiger partial charge in [-0.2, -0.15) is 0 Å². The maximum absolute atomic E-state index is 14.0. The first-order chi connectivity index (χ1) is 22.8. The summed E-state index contributed by atoms with van der Waals surface area (Å²) in [5, 5.41) is 0. The van der Waals surface area contributed by atoms with Gasteiger partial charge in [-0.1, -0.05) is 23.5 Å². The molecule has 47 heavy (non-hydrogen) atoms. The number of fused-ring (bicyclic) bond motifs is 2. The lowest BCUT2D eigenvalue weighted by Crippen LogP contribution is -2.39. The van der Waals surface area contributed by atoms with Crippen molar-refractivity contribution in [1.82, 2.24) is 4.57 Å². The predicted octanol–water partition coefficient (Wildman–Crippen LogP) is 4.89. The molecule has 13 heteroatoms. The number of aromatic nitrogens is 1. The van der Waals surface area contributed by atoms with Crippen LogP contribution in [-0.4, -0.2) is 44.8 Å². The van der Waals surface area contributed by atoms with E-state index in [2.05, 4.69) is 20.9 Å². The van der Waals surface area contributed by atoms with E-state index in [4.69, 9.17) is 33.2 Å². The van der Waals surface area contributed by atoms with E-state index in [1.807, 2.05) is 44.2 Å². The Bertz CT molecular complexity index is 2050. The zero-order valence-electron chi connectivity index (χ0n) is 26.0. The van der Waals surface area contributed by atoms with Crippen LogP contribution in [0, 0.1) is 0 Å². The first-order valence-corrected chi connectivity index (χ1v) is 16.3. The van der Waals surface area contributed by atoms with Gasteiger partial charge in [0.1, 0.15) is 6.61 Å². The summed E-state index contributed by atoms with van der Waals surface area (Å²) in [4.78, 5) is 31.8. The second kappa shape index (κ2) is 13.9. The van der Waals surface area contributed by atoms with Crippen LogP contribution in [0.3, 0.4) is 0 Å². The number of nitrogens with zero attached hydrogens (tertiary/aromatic N) is 2. The number of hydrogen-bond donors (Lipinski definition) is 0. The van der Waals surface area contributed by atoms with Crippen LogP contribution in [0.4, 0.5) is 0 Å².